The molecule has 0 saturated carbocycles. The third kappa shape index (κ3) is 10.9. The fourth-order valence-corrected chi connectivity index (χ4v) is 2.13. The summed E-state index contributed by atoms with van der Waals surface area (Å²) in [6.07, 6.45) is 0. The maximum atomic E-state index is 10.5. The predicted molar refractivity (Wildman–Crippen MR) is 85.3 cm³/mol. The zero-order chi connectivity index (χ0) is 23.5. The van der Waals surface area contributed by atoms with Crippen LogP contribution < -0.4 is 30.1 Å². The van der Waals surface area contributed by atoms with Gasteiger partial charge in [0.05, 0.1) is 0 Å². The Balaban J connectivity index is 0.000000180. The van der Waals surface area contributed by atoms with E-state index in [4.69, 9.17) is 0 Å². The Kier molecular flexibility index (Phi) is 15.1. The molecule has 35 heteroatoms. The van der Waals surface area contributed by atoms with Crippen molar-refractivity contribution in [3.8, 4) is 0 Å². The second-order valence-electron chi connectivity index (χ2n) is 5.51. The summed E-state index contributed by atoms with van der Waals surface area (Å²) in [4.78, 5) is 0. The van der Waals surface area contributed by atoms with E-state index in [1.807, 2.05) is 0 Å². The molecule has 168 valence electrons. The molecule has 6 heterocycles. The van der Waals surface area contributed by atoms with Gasteiger partial charge in [0.2, 0.25) is 0 Å². The maximum absolute atomic E-state index is 10.5. The number of fused-ring (bicyclic) bond motifs is 6. The molecule has 6 aliphatic rings. The van der Waals surface area contributed by atoms with E-state index < -0.39 is 87.9 Å². The van der Waals surface area contributed by atoms with Crippen LogP contribution in [0.5, 0.6) is 0 Å². The third-order valence-corrected chi connectivity index (χ3v) is 3.33. The van der Waals surface area contributed by atoms with E-state index in [1.165, 1.54) is 0 Å². The quantitative estimate of drug-likeness (QED) is 0.221. The number of hydrogen-bond donors (Lipinski definition) is 0. The van der Waals surface area contributed by atoms with Gasteiger partial charge in [0.15, 0.2) is 0 Å². The first-order chi connectivity index (χ1) is 15.7. The van der Waals surface area contributed by atoms with Crippen molar-refractivity contribution < 1.29 is 164 Å². The molecule has 0 unspecified atom stereocenters. The molecule has 0 N–H and O–H groups in total. The van der Waals surface area contributed by atoms with Gasteiger partial charge in [0, 0.05) is 0 Å². The van der Waals surface area contributed by atoms with Crippen molar-refractivity contribution in [3.63, 3.8) is 0 Å². The zero-order valence-corrected chi connectivity index (χ0v) is 22.3. The van der Waals surface area contributed by atoms with Crippen molar-refractivity contribution >= 4 is 87.9 Å². The molecule has 0 aromatic heterocycles. The summed E-state index contributed by atoms with van der Waals surface area (Å²) < 4.78 is 65.6. The molecular weight excluding hydrogens is 644 g/mol. The SMILES string of the molecule is [O-]B1OB2OB([O-])OB(O1)O2.[O-]B1OB2OB([O-])OB(O1)O2.[O-]B1OB2OB([O-])OB(O1)O2.[Y+3].[Y+3]. The van der Waals surface area contributed by atoms with Crippen molar-refractivity contribution in [2.24, 2.45) is 0 Å². The van der Waals surface area contributed by atoms with Crippen LogP contribution in [-0.2, 0) is 134 Å². The minimum atomic E-state index is -1.73. The predicted octanol–water partition coefficient (Wildman–Crippen LogP) is -12.7. The van der Waals surface area contributed by atoms with Crippen LogP contribution in [0.3, 0.4) is 0 Å². The van der Waals surface area contributed by atoms with Crippen LogP contribution in [0.25, 0.3) is 0 Å². The maximum Gasteiger partial charge on any atom is 3.00 e. The van der Waals surface area contributed by atoms with Gasteiger partial charge in [0.25, 0.3) is 0 Å². The molecular formula is B12O21Y2. The summed E-state index contributed by atoms with van der Waals surface area (Å²) in [5, 5.41) is 62.9. The van der Waals surface area contributed by atoms with E-state index in [2.05, 4.69) is 68.6 Å². The summed E-state index contributed by atoms with van der Waals surface area (Å²) in [6, 6.07) is 0. The molecule has 6 saturated heterocycles. The molecule has 6 bridgehead atoms. The minimum absolute atomic E-state index is 0. The molecule has 0 aliphatic carbocycles. The minimum Gasteiger partial charge on any atom is -0.833 e. The van der Waals surface area contributed by atoms with Crippen LogP contribution in [0.2, 0.25) is 0 Å². The molecule has 0 radical (unpaired) electrons. The van der Waals surface area contributed by atoms with Gasteiger partial charge in [-0.05, 0) is 0 Å². The average Bonchev–Trinajstić information content (AvgIpc) is 2.65. The fourth-order valence-electron chi connectivity index (χ4n) is 2.13. The van der Waals surface area contributed by atoms with Gasteiger partial charge < -0.3 is 98.7 Å². The van der Waals surface area contributed by atoms with Crippen LogP contribution in [0.15, 0.2) is 0 Å². The molecule has 6 fully saturated rings. The normalized spacial score (nSPS) is 23.1. The van der Waals surface area contributed by atoms with E-state index >= 15 is 0 Å². The summed E-state index contributed by atoms with van der Waals surface area (Å²) in [5.41, 5.74) is 0. The van der Waals surface area contributed by atoms with E-state index in [0.29, 0.717) is 0 Å². The van der Waals surface area contributed by atoms with Gasteiger partial charge in [-0.25, -0.2) is 0 Å². The van der Waals surface area contributed by atoms with E-state index in [9.17, 15) is 30.1 Å². The van der Waals surface area contributed by atoms with Crippen LogP contribution in [0.1, 0.15) is 0 Å². The first-order valence-electron chi connectivity index (χ1n) is 8.49. The van der Waals surface area contributed by atoms with Crippen LogP contribution in [0, 0.1) is 0 Å². The molecule has 0 atom stereocenters. The fraction of sp³-hybridized carbons (Fsp3) is 0. The van der Waals surface area contributed by atoms with Gasteiger partial charge in [-0.1, -0.05) is 0 Å². The smallest absolute Gasteiger partial charge is 0.833 e. The van der Waals surface area contributed by atoms with Crippen LogP contribution >= 0.6 is 0 Å². The van der Waals surface area contributed by atoms with Crippen molar-refractivity contribution in [1.29, 1.82) is 0 Å². The zero-order valence-electron chi connectivity index (χ0n) is 16.7. The first-order valence-corrected chi connectivity index (χ1v) is 8.49. The van der Waals surface area contributed by atoms with E-state index in [1.54, 1.807) is 0 Å². The van der Waals surface area contributed by atoms with Crippen molar-refractivity contribution in [2.45, 2.75) is 0 Å². The second-order valence-corrected chi connectivity index (χ2v) is 5.51. The van der Waals surface area contributed by atoms with Gasteiger partial charge in [-0.3, -0.25) is 0 Å². The molecule has 0 aromatic rings. The van der Waals surface area contributed by atoms with Gasteiger partial charge in [-0.2, -0.15) is 0 Å². The monoisotopic (exact) mass is 646 g/mol. The summed E-state index contributed by atoms with van der Waals surface area (Å²) >= 11 is 0. The van der Waals surface area contributed by atoms with Gasteiger partial charge >= 0.3 is 153 Å². The molecule has 0 aromatic carbocycles. The molecule has 0 spiro atoms. The van der Waals surface area contributed by atoms with Crippen molar-refractivity contribution in [1.82, 2.24) is 0 Å². The number of hydrogen-bond acceptors (Lipinski definition) is 21. The Labute approximate surface area is 250 Å². The summed E-state index contributed by atoms with van der Waals surface area (Å²) in [7, 11) is -18.0. The topological polar surface area (TPSA) is 277 Å². The largest absolute Gasteiger partial charge is 3.00 e. The number of rotatable bonds is 0. The Morgan fingerprint density at radius 1 is 0.229 bits per heavy atom. The molecule has 6 rings (SSSR count). The van der Waals surface area contributed by atoms with E-state index in [-0.39, 0.29) is 65.4 Å². The average molecular weight is 644 g/mol. The molecule has 0 amide bonds. The van der Waals surface area contributed by atoms with Crippen LogP contribution in [-0.4, -0.2) is 87.9 Å². The van der Waals surface area contributed by atoms with Gasteiger partial charge in [0.1, 0.15) is 0 Å². The summed E-state index contributed by atoms with van der Waals surface area (Å²) in [6.45, 7) is 0. The molecule has 35 heavy (non-hydrogen) atoms. The third-order valence-electron chi connectivity index (χ3n) is 3.33. The Hall–Kier alpha value is 2.15. The van der Waals surface area contributed by atoms with Crippen molar-refractivity contribution in [3.05, 3.63) is 0 Å². The first kappa shape index (κ1) is 33.4. The summed E-state index contributed by atoms with van der Waals surface area (Å²) in [5.74, 6) is 0. The Bertz CT molecular complexity index is 439. The van der Waals surface area contributed by atoms with E-state index in [0.717, 1.165) is 0 Å². The van der Waals surface area contributed by atoms with Gasteiger partial charge in [-0.15, -0.1) is 0 Å². The second kappa shape index (κ2) is 15.8. The molecule has 21 nitrogen and oxygen atoms in total. The van der Waals surface area contributed by atoms with Crippen molar-refractivity contribution in [2.75, 3.05) is 0 Å². The van der Waals surface area contributed by atoms with Crippen LogP contribution in [0.4, 0.5) is 0 Å². The standard InChI is InChI=1S/3B4O7.2Y/c3*5-1-7-3-9-2(6)10-4(8-1)11-3;;/q3*-2;2*+3. The Morgan fingerprint density at radius 3 is 0.457 bits per heavy atom. The molecule has 6 aliphatic heterocycles. The Morgan fingerprint density at radius 2 is 0.343 bits per heavy atom.